The lowest BCUT2D eigenvalue weighted by Gasteiger charge is -2.08. The van der Waals surface area contributed by atoms with Crippen molar-refractivity contribution >= 4 is 5.78 Å². The first-order valence-electron chi connectivity index (χ1n) is 5.21. The first kappa shape index (κ1) is 11.2. The SMILES string of the molecule is CC(=O)c1ccc(O)cc1-c1cccc(O)c1. The van der Waals surface area contributed by atoms with Gasteiger partial charge in [-0.3, -0.25) is 4.79 Å². The molecule has 0 bridgehead atoms. The van der Waals surface area contributed by atoms with Crippen molar-refractivity contribution in [3.8, 4) is 22.6 Å². The average Bonchev–Trinajstić information content (AvgIpc) is 2.28. The topological polar surface area (TPSA) is 57.5 Å². The second kappa shape index (κ2) is 4.29. The Kier molecular flexibility index (Phi) is 2.83. The Bertz CT molecular complexity index is 573. The molecule has 0 aliphatic rings. The van der Waals surface area contributed by atoms with Crippen LogP contribution in [-0.4, -0.2) is 16.0 Å². The summed E-state index contributed by atoms with van der Waals surface area (Å²) in [6.07, 6.45) is 0. The highest BCUT2D eigenvalue weighted by atomic mass is 16.3. The third kappa shape index (κ3) is 2.28. The van der Waals surface area contributed by atoms with Gasteiger partial charge in [-0.2, -0.15) is 0 Å². The van der Waals surface area contributed by atoms with Gasteiger partial charge in [-0.15, -0.1) is 0 Å². The van der Waals surface area contributed by atoms with Crippen molar-refractivity contribution in [2.45, 2.75) is 6.92 Å². The van der Waals surface area contributed by atoms with Crippen molar-refractivity contribution in [3.63, 3.8) is 0 Å². The van der Waals surface area contributed by atoms with E-state index in [1.54, 1.807) is 30.3 Å². The van der Waals surface area contributed by atoms with Gasteiger partial charge >= 0.3 is 0 Å². The number of ketones is 1. The Labute approximate surface area is 99.0 Å². The van der Waals surface area contributed by atoms with Crippen LogP contribution in [0, 0.1) is 0 Å². The molecule has 0 spiro atoms. The van der Waals surface area contributed by atoms with E-state index in [1.165, 1.54) is 19.1 Å². The molecule has 0 aliphatic carbocycles. The fourth-order valence-electron chi connectivity index (χ4n) is 1.75. The molecule has 2 rings (SSSR count). The summed E-state index contributed by atoms with van der Waals surface area (Å²) in [6, 6.07) is 11.2. The summed E-state index contributed by atoms with van der Waals surface area (Å²) in [6.45, 7) is 1.47. The highest BCUT2D eigenvalue weighted by Crippen LogP contribution is 2.29. The maximum atomic E-state index is 11.5. The van der Waals surface area contributed by atoms with Gasteiger partial charge < -0.3 is 10.2 Å². The standard InChI is InChI=1S/C14H12O3/c1-9(15)13-6-5-12(17)8-14(13)10-3-2-4-11(16)7-10/h2-8,16-17H,1H3. The number of carbonyl (C=O) groups is 1. The molecular formula is C14H12O3. The van der Waals surface area contributed by atoms with E-state index in [9.17, 15) is 15.0 Å². The summed E-state index contributed by atoms with van der Waals surface area (Å²) in [5.41, 5.74) is 1.84. The third-order valence-corrected chi connectivity index (χ3v) is 2.54. The Hall–Kier alpha value is -2.29. The zero-order chi connectivity index (χ0) is 12.4. The van der Waals surface area contributed by atoms with Crippen LogP contribution in [0.5, 0.6) is 11.5 Å². The smallest absolute Gasteiger partial charge is 0.160 e. The Morgan fingerprint density at radius 3 is 2.35 bits per heavy atom. The minimum Gasteiger partial charge on any atom is -0.508 e. The lowest BCUT2D eigenvalue weighted by Crippen LogP contribution is -1.95. The molecule has 2 N–H and O–H groups in total. The number of benzene rings is 2. The number of hydrogen-bond acceptors (Lipinski definition) is 3. The first-order chi connectivity index (χ1) is 8.08. The molecule has 0 saturated heterocycles. The van der Waals surface area contributed by atoms with Gasteiger partial charge in [-0.05, 0) is 48.4 Å². The molecule has 2 aromatic carbocycles. The minimum atomic E-state index is -0.0802. The third-order valence-electron chi connectivity index (χ3n) is 2.54. The molecule has 0 heterocycles. The molecule has 86 valence electrons. The molecule has 0 atom stereocenters. The molecule has 17 heavy (non-hydrogen) atoms. The van der Waals surface area contributed by atoms with Crippen molar-refractivity contribution in [3.05, 3.63) is 48.0 Å². The van der Waals surface area contributed by atoms with Gasteiger partial charge in [0.2, 0.25) is 0 Å². The van der Waals surface area contributed by atoms with Crippen molar-refractivity contribution < 1.29 is 15.0 Å². The number of aromatic hydroxyl groups is 2. The summed E-state index contributed by atoms with van der Waals surface area (Å²) in [7, 11) is 0. The van der Waals surface area contributed by atoms with Crippen LogP contribution in [-0.2, 0) is 0 Å². The van der Waals surface area contributed by atoms with Gasteiger partial charge in [-0.25, -0.2) is 0 Å². The van der Waals surface area contributed by atoms with Crippen LogP contribution in [0.2, 0.25) is 0 Å². The molecule has 0 radical (unpaired) electrons. The second-order valence-electron chi connectivity index (χ2n) is 3.84. The molecule has 0 fully saturated rings. The van der Waals surface area contributed by atoms with Crippen LogP contribution in [0.15, 0.2) is 42.5 Å². The van der Waals surface area contributed by atoms with Crippen LogP contribution in [0.25, 0.3) is 11.1 Å². The predicted molar refractivity (Wildman–Crippen MR) is 65.2 cm³/mol. The zero-order valence-electron chi connectivity index (χ0n) is 9.34. The molecule has 3 heteroatoms. The van der Waals surface area contributed by atoms with Crippen molar-refractivity contribution in [1.29, 1.82) is 0 Å². The van der Waals surface area contributed by atoms with Crippen LogP contribution in [0.1, 0.15) is 17.3 Å². The number of rotatable bonds is 2. The van der Waals surface area contributed by atoms with Crippen molar-refractivity contribution in [1.82, 2.24) is 0 Å². The molecule has 0 amide bonds. The van der Waals surface area contributed by atoms with Gasteiger partial charge in [0.25, 0.3) is 0 Å². The fourth-order valence-corrected chi connectivity index (χ4v) is 1.75. The number of Topliss-reactive ketones (excluding diaryl/α,β-unsaturated/α-hetero) is 1. The minimum absolute atomic E-state index is 0.0802. The Balaban J connectivity index is 2.65. The van der Waals surface area contributed by atoms with Gasteiger partial charge in [0.05, 0.1) is 0 Å². The normalized spacial score (nSPS) is 10.2. The van der Waals surface area contributed by atoms with E-state index in [1.807, 2.05) is 0 Å². The van der Waals surface area contributed by atoms with E-state index >= 15 is 0 Å². The number of hydrogen-bond donors (Lipinski definition) is 2. The quantitative estimate of drug-likeness (QED) is 0.777. The second-order valence-corrected chi connectivity index (χ2v) is 3.84. The van der Waals surface area contributed by atoms with Crippen LogP contribution in [0.3, 0.4) is 0 Å². The number of phenolic OH excluding ortho intramolecular Hbond substituents is 2. The van der Waals surface area contributed by atoms with Crippen LogP contribution >= 0.6 is 0 Å². The molecule has 0 unspecified atom stereocenters. The number of phenols is 2. The summed E-state index contributed by atoms with van der Waals surface area (Å²) < 4.78 is 0. The van der Waals surface area contributed by atoms with E-state index in [0.29, 0.717) is 16.7 Å². The fraction of sp³-hybridized carbons (Fsp3) is 0.0714. The highest BCUT2D eigenvalue weighted by Gasteiger charge is 2.10. The zero-order valence-corrected chi connectivity index (χ0v) is 9.34. The molecule has 0 saturated carbocycles. The summed E-state index contributed by atoms with van der Waals surface area (Å²) in [5, 5.41) is 18.9. The van der Waals surface area contributed by atoms with E-state index in [4.69, 9.17) is 0 Å². The van der Waals surface area contributed by atoms with Crippen molar-refractivity contribution in [2.75, 3.05) is 0 Å². The molecule has 3 nitrogen and oxygen atoms in total. The summed E-state index contributed by atoms with van der Waals surface area (Å²) >= 11 is 0. The molecule has 0 aliphatic heterocycles. The molecule has 2 aromatic rings. The largest absolute Gasteiger partial charge is 0.508 e. The van der Waals surface area contributed by atoms with E-state index < -0.39 is 0 Å². The van der Waals surface area contributed by atoms with Crippen LogP contribution < -0.4 is 0 Å². The Morgan fingerprint density at radius 2 is 1.71 bits per heavy atom. The van der Waals surface area contributed by atoms with Gasteiger partial charge in [0, 0.05) is 5.56 Å². The lowest BCUT2D eigenvalue weighted by molar-refractivity contribution is 0.101. The first-order valence-corrected chi connectivity index (χ1v) is 5.21. The van der Waals surface area contributed by atoms with Gasteiger partial charge in [0.15, 0.2) is 5.78 Å². The number of carbonyl (C=O) groups excluding carboxylic acids is 1. The predicted octanol–water partition coefficient (Wildman–Crippen LogP) is 2.97. The van der Waals surface area contributed by atoms with E-state index in [0.717, 1.165) is 0 Å². The monoisotopic (exact) mass is 228 g/mol. The van der Waals surface area contributed by atoms with Crippen LogP contribution in [0.4, 0.5) is 0 Å². The molecule has 0 aromatic heterocycles. The Morgan fingerprint density at radius 1 is 1.00 bits per heavy atom. The van der Waals surface area contributed by atoms with Gasteiger partial charge in [-0.1, -0.05) is 12.1 Å². The van der Waals surface area contributed by atoms with E-state index in [-0.39, 0.29) is 17.3 Å². The summed E-state index contributed by atoms with van der Waals surface area (Å²) in [5.74, 6) is 0.136. The van der Waals surface area contributed by atoms with Gasteiger partial charge in [0.1, 0.15) is 11.5 Å². The summed E-state index contributed by atoms with van der Waals surface area (Å²) in [4.78, 5) is 11.5. The van der Waals surface area contributed by atoms with Crippen molar-refractivity contribution in [2.24, 2.45) is 0 Å². The average molecular weight is 228 g/mol. The maximum Gasteiger partial charge on any atom is 0.160 e. The van der Waals surface area contributed by atoms with E-state index in [2.05, 4.69) is 0 Å². The molecular weight excluding hydrogens is 216 g/mol. The maximum absolute atomic E-state index is 11.5. The lowest BCUT2D eigenvalue weighted by atomic mass is 9.97. The highest BCUT2D eigenvalue weighted by molar-refractivity contribution is 6.01.